The zero-order chi connectivity index (χ0) is 22.3. The highest BCUT2D eigenvalue weighted by atomic mass is 127. The summed E-state index contributed by atoms with van der Waals surface area (Å²) < 4.78 is 30.2. The number of fused-ring (bicyclic) bond motifs is 1. The summed E-state index contributed by atoms with van der Waals surface area (Å²) in [6, 6.07) is 6.99. The number of rotatable bonds is 6. The number of ketones is 1. The van der Waals surface area contributed by atoms with Crippen molar-refractivity contribution in [1.29, 1.82) is 0 Å². The van der Waals surface area contributed by atoms with Crippen LogP contribution in [-0.2, 0) is 10.5 Å². The lowest BCUT2D eigenvalue weighted by Crippen LogP contribution is -2.52. The van der Waals surface area contributed by atoms with Gasteiger partial charge in [0.25, 0.3) is 5.66 Å². The van der Waals surface area contributed by atoms with Gasteiger partial charge in [-0.15, -0.1) is 0 Å². The van der Waals surface area contributed by atoms with Crippen molar-refractivity contribution in [3.63, 3.8) is 0 Å². The maximum absolute atomic E-state index is 14.1. The molecule has 1 aliphatic heterocycles. The van der Waals surface area contributed by atoms with Gasteiger partial charge in [0.2, 0.25) is 0 Å². The minimum Gasteiger partial charge on any atom is -0.369 e. The van der Waals surface area contributed by atoms with Crippen molar-refractivity contribution in [3.05, 3.63) is 36.0 Å². The second-order valence-corrected chi connectivity index (χ2v) is 10.7. The molecule has 3 rings (SSSR count). The van der Waals surface area contributed by atoms with Gasteiger partial charge in [0.1, 0.15) is 0 Å². The van der Waals surface area contributed by atoms with Crippen LogP contribution in [0.2, 0.25) is 0 Å². The summed E-state index contributed by atoms with van der Waals surface area (Å²) in [5, 5.41) is 0.712. The fourth-order valence-electron chi connectivity index (χ4n) is 3.89. The Morgan fingerprint density at radius 3 is 2.70 bits per heavy atom. The number of pyridine rings is 1. The van der Waals surface area contributed by atoms with E-state index in [-0.39, 0.29) is 23.9 Å². The molecular formula is C21H28F2IN4OP. The zero-order valence-corrected chi connectivity index (χ0v) is 20.7. The van der Waals surface area contributed by atoms with Gasteiger partial charge in [0.05, 0.1) is 23.2 Å². The topological polar surface area (TPSA) is 62.5 Å². The minimum atomic E-state index is -3.04. The van der Waals surface area contributed by atoms with Gasteiger partial charge in [-0.2, -0.15) is 8.78 Å². The van der Waals surface area contributed by atoms with Crippen LogP contribution in [0.1, 0.15) is 32.8 Å². The van der Waals surface area contributed by atoms with Crippen molar-refractivity contribution in [3.8, 4) is 0 Å². The number of hydrogen-bond acceptors (Lipinski definition) is 5. The number of halogens is 3. The van der Waals surface area contributed by atoms with Crippen LogP contribution in [0, 0.1) is 5.92 Å². The molecule has 1 fully saturated rings. The third-order valence-electron chi connectivity index (χ3n) is 5.49. The lowest BCUT2D eigenvalue weighted by molar-refractivity contribution is -0.123. The molecule has 0 bridgehead atoms. The highest BCUT2D eigenvalue weighted by Crippen LogP contribution is 2.41. The molecule has 30 heavy (non-hydrogen) atoms. The molecule has 0 saturated carbocycles. The molecule has 0 radical (unpaired) electrons. The van der Waals surface area contributed by atoms with Crippen LogP contribution < -0.4 is 10.6 Å². The average molecular weight is 548 g/mol. The molecule has 1 saturated heterocycles. The van der Waals surface area contributed by atoms with E-state index >= 15 is 0 Å². The van der Waals surface area contributed by atoms with E-state index in [1.165, 1.54) is 6.07 Å². The van der Waals surface area contributed by atoms with E-state index in [1.807, 2.05) is 9.18 Å². The number of hydrogen-bond donors (Lipinski definition) is 1. The summed E-state index contributed by atoms with van der Waals surface area (Å²) in [7, 11) is 1.60. The summed E-state index contributed by atoms with van der Waals surface area (Å²) in [5.41, 5.74) is 3.15. The van der Waals surface area contributed by atoms with Gasteiger partial charge >= 0.3 is 0 Å². The number of Topliss-reactive ketones (excluding diaryl/α,β-unsaturated/α-hetero) is 1. The molecule has 1 unspecified atom stereocenters. The fourth-order valence-corrected chi connectivity index (χ4v) is 4.84. The Kier molecular flexibility index (Phi) is 7.02. The monoisotopic (exact) mass is 548 g/mol. The van der Waals surface area contributed by atoms with Gasteiger partial charge in [-0.3, -0.25) is 9.78 Å². The highest BCUT2D eigenvalue weighted by Gasteiger charge is 2.33. The number of piperidine rings is 1. The van der Waals surface area contributed by atoms with E-state index in [9.17, 15) is 13.6 Å². The summed E-state index contributed by atoms with van der Waals surface area (Å²) >= 11 is 2.21. The van der Waals surface area contributed by atoms with Gasteiger partial charge in [0, 0.05) is 59.3 Å². The summed E-state index contributed by atoms with van der Waals surface area (Å²) in [5.74, 6) is 0.375. The molecule has 0 aliphatic carbocycles. The number of aromatic nitrogens is 1. The summed E-state index contributed by atoms with van der Waals surface area (Å²) in [4.78, 5) is 18.9. The SMILES string of the molecule is C[C@H]1C[C@@H](N(I)CC(=O)C(C)(C)N)CN(c2ccc(C(F)(F)P)c3ncccc23)C1. The van der Waals surface area contributed by atoms with Crippen molar-refractivity contribution in [1.82, 2.24) is 8.10 Å². The number of anilines is 1. The first-order valence-corrected chi connectivity index (χ1v) is 11.5. The Bertz CT molecular complexity index is 931. The lowest BCUT2D eigenvalue weighted by Gasteiger charge is -2.41. The van der Waals surface area contributed by atoms with Gasteiger partial charge in [-0.05, 0) is 50.5 Å². The second kappa shape index (κ2) is 8.88. The van der Waals surface area contributed by atoms with Crippen LogP contribution in [0.5, 0.6) is 0 Å². The Balaban J connectivity index is 1.91. The van der Waals surface area contributed by atoms with Crippen molar-refractivity contribution >= 4 is 54.5 Å². The number of nitrogens with two attached hydrogens (primary N) is 1. The Morgan fingerprint density at radius 2 is 2.07 bits per heavy atom. The van der Waals surface area contributed by atoms with Crippen LogP contribution in [0.3, 0.4) is 0 Å². The van der Waals surface area contributed by atoms with Crippen molar-refractivity contribution in [2.75, 3.05) is 24.5 Å². The number of carbonyl (C=O) groups excluding carboxylic acids is 1. The molecule has 5 nitrogen and oxygen atoms in total. The second-order valence-electron chi connectivity index (χ2n) is 8.76. The molecule has 2 N–H and O–H groups in total. The van der Waals surface area contributed by atoms with Crippen molar-refractivity contribution in [2.45, 2.75) is 44.4 Å². The molecule has 2 aromatic rings. The number of nitrogens with zero attached hydrogens (tertiary/aromatic N) is 3. The molecule has 164 valence electrons. The minimum absolute atomic E-state index is 0.0108. The van der Waals surface area contributed by atoms with Crippen molar-refractivity contribution < 1.29 is 13.6 Å². The zero-order valence-electron chi connectivity index (χ0n) is 17.4. The average Bonchev–Trinajstić information content (AvgIpc) is 2.65. The molecule has 0 spiro atoms. The number of alkyl halides is 2. The maximum Gasteiger partial charge on any atom is 0.285 e. The van der Waals surface area contributed by atoms with Gasteiger partial charge in [-0.25, -0.2) is 3.11 Å². The van der Waals surface area contributed by atoms with E-state index in [0.717, 1.165) is 18.7 Å². The molecule has 1 aromatic carbocycles. The Morgan fingerprint density at radius 1 is 1.37 bits per heavy atom. The Labute approximate surface area is 192 Å². The predicted octanol–water partition coefficient (Wildman–Crippen LogP) is 4.33. The molecular weight excluding hydrogens is 520 g/mol. The smallest absolute Gasteiger partial charge is 0.285 e. The van der Waals surface area contributed by atoms with Gasteiger partial charge < -0.3 is 10.6 Å². The standard InChI is InChI=1S/C21H28F2IN4OP/c1-13-9-14(28(24)12-18(29)20(2,3)25)11-27(10-13)17-7-6-16(21(22,23)30)19-15(17)5-4-8-26-19/h4-8,13-14H,9-12,25,30H2,1-3H3/t13-,14+/m0/s1. The Hall–Kier alpha value is -0.960. The molecule has 3 atom stereocenters. The van der Waals surface area contributed by atoms with E-state index in [2.05, 4.69) is 39.7 Å². The summed E-state index contributed by atoms with van der Waals surface area (Å²) in [6.45, 7) is 7.40. The van der Waals surface area contributed by atoms with E-state index in [4.69, 9.17) is 5.73 Å². The molecule has 1 aromatic heterocycles. The van der Waals surface area contributed by atoms with E-state index in [0.29, 0.717) is 23.4 Å². The third-order valence-corrected chi connectivity index (χ3v) is 6.93. The van der Waals surface area contributed by atoms with Crippen LogP contribution in [0.4, 0.5) is 14.5 Å². The largest absolute Gasteiger partial charge is 0.369 e. The first-order valence-electron chi connectivity index (χ1n) is 9.92. The van der Waals surface area contributed by atoms with Crippen LogP contribution in [0.25, 0.3) is 10.9 Å². The van der Waals surface area contributed by atoms with Gasteiger partial charge in [0.15, 0.2) is 5.78 Å². The maximum atomic E-state index is 14.1. The first kappa shape index (κ1) is 23.7. The summed E-state index contributed by atoms with van der Waals surface area (Å²) in [6.07, 6.45) is 2.50. The highest BCUT2D eigenvalue weighted by molar-refractivity contribution is 14.1. The van der Waals surface area contributed by atoms with E-state index in [1.54, 1.807) is 41.4 Å². The van der Waals surface area contributed by atoms with Crippen LogP contribution in [-0.4, -0.2) is 45.1 Å². The fraction of sp³-hybridized carbons (Fsp3) is 0.524. The normalized spacial score (nSPS) is 20.8. The molecule has 2 heterocycles. The molecule has 9 heteroatoms. The first-order chi connectivity index (χ1) is 13.9. The number of benzene rings is 1. The van der Waals surface area contributed by atoms with Gasteiger partial charge in [-0.1, -0.05) is 16.2 Å². The van der Waals surface area contributed by atoms with Crippen LogP contribution in [0.15, 0.2) is 30.5 Å². The molecule has 0 amide bonds. The number of carbonyl (C=O) groups is 1. The van der Waals surface area contributed by atoms with Crippen molar-refractivity contribution in [2.24, 2.45) is 11.7 Å². The quantitative estimate of drug-likeness (QED) is 0.331. The van der Waals surface area contributed by atoms with Crippen LogP contribution >= 0.6 is 32.1 Å². The predicted molar refractivity (Wildman–Crippen MR) is 129 cm³/mol. The molecule has 1 aliphatic rings. The lowest BCUT2D eigenvalue weighted by atomic mass is 9.93. The third kappa shape index (κ3) is 5.26. The van der Waals surface area contributed by atoms with E-state index < -0.39 is 11.2 Å².